The summed E-state index contributed by atoms with van der Waals surface area (Å²) in [5, 5.41) is 11.7. The second-order valence-electron chi connectivity index (χ2n) is 5.03. The lowest BCUT2D eigenvalue weighted by Gasteiger charge is -2.28. The number of benzene rings is 1. The van der Waals surface area contributed by atoms with Crippen molar-refractivity contribution in [1.82, 2.24) is 5.32 Å². The molecule has 2 atom stereocenters. The quantitative estimate of drug-likeness (QED) is 0.773. The highest BCUT2D eigenvalue weighted by Crippen LogP contribution is 2.22. The fraction of sp³-hybridized carbons (Fsp3) is 0.417. The second kappa shape index (κ2) is 5.39. The third-order valence-corrected chi connectivity index (χ3v) is 6.06. The van der Waals surface area contributed by atoms with E-state index in [0.29, 0.717) is 5.56 Å². The summed E-state index contributed by atoms with van der Waals surface area (Å²) >= 11 is 0. The van der Waals surface area contributed by atoms with E-state index in [2.05, 4.69) is 5.32 Å². The van der Waals surface area contributed by atoms with E-state index < -0.39 is 43.5 Å². The minimum Gasteiger partial charge on any atom is -0.480 e. The summed E-state index contributed by atoms with van der Waals surface area (Å²) < 4.78 is 46.3. The SMILES string of the molecule is CS(=O)(=O)c1ccc(C2CS(=O)(=O)CC(C(=O)O)N2)cc1. The normalized spacial score (nSPS) is 25.4. The second-order valence-corrected chi connectivity index (χ2v) is 9.20. The van der Waals surface area contributed by atoms with Crippen LogP contribution in [0.5, 0.6) is 0 Å². The van der Waals surface area contributed by atoms with Crippen molar-refractivity contribution in [3.05, 3.63) is 29.8 Å². The largest absolute Gasteiger partial charge is 0.480 e. The van der Waals surface area contributed by atoms with Crippen LogP contribution in [0.1, 0.15) is 11.6 Å². The highest BCUT2D eigenvalue weighted by atomic mass is 32.2. The number of nitrogens with one attached hydrogen (secondary N) is 1. The third-order valence-electron chi connectivity index (χ3n) is 3.25. The van der Waals surface area contributed by atoms with Crippen LogP contribution < -0.4 is 5.32 Å². The van der Waals surface area contributed by atoms with Gasteiger partial charge in [0, 0.05) is 12.3 Å². The molecule has 0 radical (unpaired) electrons. The Bertz CT molecular complexity index is 751. The molecule has 7 nitrogen and oxygen atoms in total. The Morgan fingerprint density at radius 1 is 1.24 bits per heavy atom. The fourth-order valence-corrected chi connectivity index (χ4v) is 4.51. The van der Waals surface area contributed by atoms with Crippen molar-refractivity contribution in [2.75, 3.05) is 17.8 Å². The van der Waals surface area contributed by atoms with Gasteiger partial charge in [0.15, 0.2) is 19.7 Å². The molecule has 0 aliphatic carbocycles. The molecule has 0 aromatic heterocycles. The molecule has 1 fully saturated rings. The Hall–Kier alpha value is -1.45. The number of carbonyl (C=O) groups is 1. The first-order valence-electron chi connectivity index (χ1n) is 6.08. The van der Waals surface area contributed by atoms with Gasteiger partial charge in [-0.3, -0.25) is 10.1 Å². The van der Waals surface area contributed by atoms with E-state index in [9.17, 15) is 21.6 Å². The van der Waals surface area contributed by atoms with Crippen LogP contribution in [0.4, 0.5) is 0 Å². The Labute approximate surface area is 122 Å². The van der Waals surface area contributed by atoms with Gasteiger partial charge < -0.3 is 5.11 Å². The maximum Gasteiger partial charge on any atom is 0.321 e. The summed E-state index contributed by atoms with van der Waals surface area (Å²) in [5.74, 6) is -1.88. The molecule has 1 aromatic carbocycles. The van der Waals surface area contributed by atoms with Gasteiger partial charge in [0.25, 0.3) is 0 Å². The Balaban J connectivity index is 2.30. The molecule has 1 heterocycles. The summed E-state index contributed by atoms with van der Waals surface area (Å²) in [4.78, 5) is 11.1. The monoisotopic (exact) mass is 333 g/mol. The van der Waals surface area contributed by atoms with Gasteiger partial charge in [-0.05, 0) is 17.7 Å². The highest BCUT2D eigenvalue weighted by molar-refractivity contribution is 7.91. The van der Waals surface area contributed by atoms with Gasteiger partial charge in [-0.25, -0.2) is 16.8 Å². The van der Waals surface area contributed by atoms with E-state index in [-0.39, 0.29) is 10.6 Å². The van der Waals surface area contributed by atoms with Gasteiger partial charge >= 0.3 is 5.97 Å². The zero-order chi connectivity index (χ0) is 15.8. The van der Waals surface area contributed by atoms with E-state index in [0.717, 1.165) is 6.26 Å². The molecule has 116 valence electrons. The summed E-state index contributed by atoms with van der Waals surface area (Å²) in [6.07, 6.45) is 1.08. The Morgan fingerprint density at radius 3 is 2.29 bits per heavy atom. The third kappa shape index (κ3) is 3.80. The van der Waals surface area contributed by atoms with Crippen molar-refractivity contribution in [2.45, 2.75) is 17.0 Å². The van der Waals surface area contributed by atoms with Crippen molar-refractivity contribution in [3.63, 3.8) is 0 Å². The van der Waals surface area contributed by atoms with Crippen molar-refractivity contribution < 1.29 is 26.7 Å². The molecule has 9 heteroatoms. The molecule has 1 aliphatic heterocycles. The Morgan fingerprint density at radius 2 is 1.81 bits per heavy atom. The summed E-state index contributed by atoms with van der Waals surface area (Å²) in [6.45, 7) is 0. The van der Waals surface area contributed by atoms with Crippen LogP contribution in [-0.2, 0) is 24.5 Å². The summed E-state index contributed by atoms with van der Waals surface area (Å²) in [7, 11) is -6.80. The number of sulfone groups is 2. The predicted molar refractivity (Wildman–Crippen MR) is 75.5 cm³/mol. The molecule has 2 N–H and O–H groups in total. The molecular formula is C12H15NO6S2. The molecule has 0 bridgehead atoms. The summed E-state index contributed by atoms with van der Waals surface area (Å²) in [6, 6.07) is 3.91. The number of rotatable bonds is 3. The van der Waals surface area contributed by atoms with Gasteiger partial charge in [-0.2, -0.15) is 0 Å². The van der Waals surface area contributed by atoms with Gasteiger partial charge in [-0.1, -0.05) is 12.1 Å². The summed E-state index contributed by atoms with van der Waals surface area (Å²) in [5.41, 5.74) is 0.539. The minimum atomic E-state index is -3.47. The van der Waals surface area contributed by atoms with E-state index in [1.54, 1.807) is 0 Å². The first-order valence-corrected chi connectivity index (χ1v) is 9.79. The fourth-order valence-electron chi connectivity index (χ4n) is 2.20. The molecule has 0 spiro atoms. The first kappa shape index (κ1) is 15.9. The lowest BCUT2D eigenvalue weighted by molar-refractivity contribution is -0.139. The van der Waals surface area contributed by atoms with E-state index in [1.165, 1.54) is 24.3 Å². The maximum absolute atomic E-state index is 11.8. The van der Waals surface area contributed by atoms with Crippen LogP contribution in [0.25, 0.3) is 0 Å². The lowest BCUT2D eigenvalue weighted by atomic mass is 10.1. The number of carboxylic acid groups (broad SMARTS) is 1. The molecule has 0 saturated carbocycles. The zero-order valence-electron chi connectivity index (χ0n) is 11.2. The molecule has 2 rings (SSSR count). The van der Waals surface area contributed by atoms with Gasteiger partial charge in [0.1, 0.15) is 6.04 Å². The maximum atomic E-state index is 11.8. The molecule has 1 saturated heterocycles. The molecule has 1 aliphatic rings. The topological polar surface area (TPSA) is 118 Å². The van der Waals surface area contributed by atoms with Crippen LogP contribution in [0, 0.1) is 0 Å². The number of carboxylic acids is 1. The van der Waals surface area contributed by atoms with Crippen molar-refractivity contribution >= 4 is 25.6 Å². The van der Waals surface area contributed by atoms with Crippen molar-refractivity contribution in [1.29, 1.82) is 0 Å². The first-order chi connectivity index (χ1) is 9.58. The average Bonchev–Trinajstić information content (AvgIpc) is 2.36. The zero-order valence-corrected chi connectivity index (χ0v) is 12.8. The van der Waals surface area contributed by atoms with Crippen LogP contribution >= 0.6 is 0 Å². The number of aliphatic carboxylic acids is 1. The van der Waals surface area contributed by atoms with E-state index >= 15 is 0 Å². The number of hydrogen-bond donors (Lipinski definition) is 2. The van der Waals surface area contributed by atoms with Crippen molar-refractivity contribution in [2.24, 2.45) is 0 Å². The molecule has 21 heavy (non-hydrogen) atoms. The van der Waals surface area contributed by atoms with Crippen LogP contribution in [0.15, 0.2) is 29.2 Å². The Kier molecular flexibility index (Phi) is 4.09. The van der Waals surface area contributed by atoms with Crippen molar-refractivity contribution in [3.8, 4) is 0 Å². The molecule has 0 amide bonds. The van der Waals surface area contributed by atoms with Crippen LogP contribution in [0.2, 0.25) is 0 Å². The lowest BCUT2D eigenvalue weighted by Crippen LogP contribution is -2.51. The van der Waals surface area contributed by atoms with E-state index in [4.69, 9.17) is 5.11 Å². The van der Waals surface area contributed by atoms with Gasteiger partial charge in [-0.15, -0.1) is 0 Å². The van der Waals surface area contributed by atoms with Gasteiger partial charge in [0.05, 0.1) is 16.4 Å². The molecule has 1 aromatic rings. The molecular weight excluding hydrogens is 318 g/mol. The van der Waals surface area contributed by atoms with Gasteiger partial charge in [0.2, 0.25) is 0 Å². The van der Waals surface area contributed by atoms with Crippen LogP contribution in [-0.4, -0.2) is 51.7 Å². The standard InChI is InChI=1S/C12H15NO6S2/c1-20(16,17)9-4-2-8(3-5-9)10-6-21(18,19)7-11(13-10)12(14)15/h2-5,10-11,13H,6-7H2,1H3,(H,14,15). The van der Waals surface area contributed by atoms with E-state index in [1.807, 2.05) is 0 Å². The minimum absolute atomic E-state index is 0.125. The van der Waals surface area contributed by atoms with Crippen LogP contribution in [0.3, 0.4) is 0 Å². The predicted octanol–water partition coefficient (Wildman–Crippen LogP) is -0.398. The number of hydrogen-bond acceptors (Lipinski definition) is 6. The highest BCUT2D eigenvalue weighted by Gasteiger charge is 2.35. The molecule has 2 unspecified atom stereocenters. The average molecular weight is 333 g/mol. The smallest absolute Gasteiger partial charge is 0.321 e.